The van der Waals surface area contributed by atoms with Gasteiger partial charge in [0.25, 0.3) is 0 Å². The zero-order valence-corrected chi connectivity index (χ0v) is 18.7. The van der Waals surface area contributed by atoms with Gasteiger partial charge in [0.05, 0.1) is 0 Å². The number of unbranched alkanes of at least 4 members (excludes halogenated alkanes) is 13. The molecule has 0 saturated carbocycles. The molecule has 0 aliphatic rings. The summed E-state index contributed by atoms with van der Waals surface area (Å²) in [6, 6.07) is 10.8. The number of carboxylic acids is 1. The molecule has 1 rings (SSSR count). The molecular weight excluding hydrogens is 387 g/mol. The summed E-state index contributed by atoms with van der Waals surface area (Å²) in [5.74, 6) is -0.656. The van der Waals surface area contributed by atoms with Crippen LogP contribution in [0.3, 0.4) is 0 Å². The summed E-state index contributed by atoms with van der Waals surface area (Å²) in [4.78, 5) is 10.4. The van der Waals surface area contributed by atoms with Crippen molar-refractivity contribution >= 4 is 23.0 Å². The van der Waals surface area contributed by atoms with Crippen LogP contribution in [0.4, 0.5) is 0 Å². The van der Waals surface area contributed by atoms with Gasteiger partial charge in [0.1, 0.15) is 0 Å². The molecule has 0 aliphatic heterocycles. The summed E-state index contributed by atoms with van der Waals surface area (Å²) in [6.07, 6.45) is 19.7. The van der Waals surface area contributed by atoms with Crippen molar-refractivity contribution in [3.8, 4) is 0 Å². The molecule has 0 saturated heterocycles. The monoisotopic (exact) mass is 428 g/mol. The van der Waals surface area contributed by atoms with Crippen molar-refractivity contribution in [2.75, 3.05) is 0 Å². The third-order valence-electron chi connectivity index (χ3n) is 4.95. The molecule has 1 N–H and O–H groups in total. The second kappa shape index (κ2) is 19.0. The van der Waals surface area contributed by atoms with E-state index in [1.807, 2.05) is 0 Å². The molecule has 0 unspecified atom stereocenters. The summed E-state index contributed by atoms with van der Waals surface area (Å²) in [6.45, 7) is 0. The van der Waals surface area contributed by atoms with Gasteiger partial charge in [0, 0.05) is 6.42 Å². The Morgan fingerprint density at radius 2 is 1.00 bits per heavy atom. The van der Waals surface area contributed by atoms with Crippen LogP contribution in [0.1, 0.15) is 102 Å². The topological polar surface area (TPSA) is 37.3 Å². The molecule has 0 spiro atoms. The number of aryl methyl sites for hydroxylation is 1. The Labute approximate surface area is 171 Å². The Hall–Kier alpha value is -0.791. The van der Waals surface area contributed by atoms with Crippen LogP contribution in [0, 0.1) is 0 Å². The normalized spacial score (nSPS) is 10.5. The Morgan fingerprint density at radius 1 is 0.615 bits per heavy atom. The zero-order valence-electron chi connectivity index (χ0n) is 16.6. The maximum atomic E-state index is 10.4. The molecule has 0 radical (unpaired) electrons. The van der Waals surface area contributed by atoms with E-state index in [4.69, 9.17) is 5.11 Å². The van der Waals surface area contributed by atoms with E-state index in [-0.39, 0.29) is 17.1 Å². The SMILES string of the molecule is O=C(O)CCCCCCCCCCCCCCCCc1ccccc1.[SeH2]. The van der Waals surface area contributed by atoms with Crippen molar-refractivity contribution in [2.45, 2.75) is 103 Å². The van der Waals surface area contributed by atoms with E-state index in [2.05, 4.69) is 30.3 Å². The third kappa shape index (κ3) is 16.7. The molecule has 26 heavy (non-hydrogen) atoms. The molecule has 0 bridgehead atoms. The van der Waals surface area contributed by atoms with E-state index >= 15 is 0 Å². The van der Waals surface area contributed by atoms with E-state index in [1.54, 1.807) is 0 Å². The van der Waals surface area contributed by atoms with E-state index in [0.717, 1.165) is 12.8 Å². The maximum absolute atomic E-state index is 10.4. The summed E-state index contributed by atoms with van der Waals surface area (Å²) in [5, 5.41) is 8.56. The molecule has 150 valence electrons. The number of hydrogen-bond donors (Lipinski definition) is 1. The number of benzene rings is 1. The first kappa shape index (κ1) is 25.2. The molecule has 0 aliphatic carbocycles. The van der Waals surface area contributed by atoms with Crippen molar-refractivity contribution in [3.05, 3.63) is 35.9 Å². The second-order valence-electron chi connectivity index (χ2n) is 7.33. The summed E-state index contributed by atoms with van der Waals surface area (Å²) < 4.78 is 0. The first-order chi connectivity index (χ1) is 12.3. The molecule has 2 nitrogen and oxygen atoms in total. The van der Waals surface area contributed by atoms with Gasteiger partial charge in [-0.25, -0.2) is 0 Å². The van der Waals surface area contributed by atoms with Gasteiger partial charge < -0.3 is 5.11 Å². The molecular formula is C23H40O2Se. The molecule has 3 heteroatoms. The van der Waals surface area contributed by atoms with Gasteiger partial charge in [-0.1, -0.05) is 107 Å². The second-order valence-corrected chi connectivity index (χ2v) is 7.33. The summed E-state index contributed by atoms with van der Waals surface area (Å²) in [7, 11) is 0. The Kier molecular flexibility index (Phi) is 18.4. The Bertz CT molecular complexity index is 419. The van der Waals surface area contributed by atoms with Crippen molar-refractivity contribution < 1.29 is 9.90 Å². The number of rotatable bonds is 17. The summed E-state index contributed by atoms with van der Waals surface area (Å²) >= 11 is 0. The number of carboxylic acid groups (broad SMARTS) is 1. The van der Waals surface area contributed by atoms with E-state index in [1.165, 1.54) is 89.0 Å². The van der Waals surface area contributed by atoms with Gasteiger partial charge in [0.15, 0.2) is 0 Å². The standard InChI is InChI=1S/C23H38O2.H2Se/c24-23(25)21-17-12-10-8-6-4-2-1-3-5-7-9-11-14-18-22-19-15-13-16-20-22;/h13,15-16,19-20H,1-12,14,17-18,21H2,(H,24,25);1H2. The predicted octanol–water partition coefficient (Wildman–Crippen LogP) is 6.25. The van der Waals surface area contributed by atoms with Gasteiger partial charge in [-0.2, -0.15) is 0 Å². The van der Waals surface area contributed by atoms with Crippen LogP contribution in [0.2, 0.25) is 0 Å². The third-order valence-corrected chi connectivity index (χ3v) is 4.95. The molecule has 1 aromatic rings. The van der Waals surface area contributed by atoms with Crippen molar-refractivity contribution in [1.82, 2.24) is 0 Å². The first-order valence-corrected chi connectivity index (χ1v) is 10.5. The molecule has 0 aromatic heterocycles. The minimum absolute atomic E-state index is 0. The van der Waals surface area contributed by atoms with Crippen LogP contribution in [-0.2, 0) is 11.2 Å². The summed E-state index contributed by atoms with van der Waals surface area (Å²) in [5.41, 5.74) is 1.48. The molecule has 0 heterocycles. The van der Waals surface area contributed by atoms with Gasteiger partial charge in [-0.15, -0.1) is 0 Å². The van der Waals surface area contributed by atoms with Crippen LogP contribution in [0.25, 0.3) is 0 Å². The fourth-order valence-corrected chi connectivity index (χ4v) is 3.37. The molecule has 0 fully saturated rings. The zero-order chi connectivity index (χ0) is 18.0. The fraction of sp³-hybridized carbons (Fsp3) is 0.696. The van der Waals surface area contributed by atoms with Crippen LogP contribution in [-0.4, -0.2) is 28.1 Å². The van der Waals surface area contributed by atoms with Crippen molar-refractivity contribution in [2.24, 2.45) is 0 Å². The quantitative estimate of drug-likeness (QED) is 0.236. The number of aliphatic carboxylic acids is 1. The first-order valence-electron chi connectivity index (χ1n) is 10.5. The van der Waals surface area contributed by atoms with Crippen LogP contribution < -0.4 is 0 Å². The Balaban J connectivity index is 0.00000625. The van der Waals surface area contributed by atoms with E-state index in [9.17, 15) is 4.79 Å². The fourth-order valence-electron chi connectivity index (χ4n) is 3.37. The molecule has 0 amide bonds. The predicted molar refractivity (Wildman–Crippen MR) is 116 cm³/mol. The van der Waals surface area contributed by atoms with Crippen molar-refractivity contribution in [1.29, 1.82) is 0 Å². The minimum atomic E-state index is -0.656. The average molecular weight is 428 g/mol. The van der Waals surface area contributed by atoms with Crippen LogP contribution >= 0.6 is 0 Å². The van der Waals surface area contributed by atoms with Gasteiger partial charge in [-0.3, -0.25) is 4.79 Å². The van der Waals surface area contributed by atoms with Crippen LogP contribution in [0.5, 0.6) is 0 Å². The van der Waals surface area contributed by atoms with Gasteiger partial charge in [0.2, 0.25) is 0 Å². The van der Waals surface area contributed by atoms with Gasteiger partial charge >= 0.3 is 23.0 Å². The average Bonchev–Trinajstić information content (AvgIpc) is 2.62. The van der Waals surface area contributed by atoms with Gasteiger partial charge in [-0.05, 0) is 24.8 Å². The van der Waals surface area contributed by atoms with Crippen molar-refractivity contribution in [3.63, 3.8) is 0 Å². The van der Waals surface area contributed by atoms with E-state index in [0.29, 0.717) is 6.42 Å². The number of carbonyl (C=O) groups is 1. The molecule has 1 aromatic carbocycles. The number of hydrogen-bond acceptors (Lipinski definition) is 1. The van der Waals surface area contributed by atoms with E-state index < -0.39 is 5.97 Å². The van der Waals surface area contributed by atoms with Crippen LogP contribution in [0.15, 0.2) is 30.3 Å². The Morgan fingerprint density at radius 3 is 1.42 bits per heavy atom. The molecule has 0 atom stereocenters.